The molecule has 0 aliphatic carbocycles. The Kier molecular flexibility index (Phi) is 5.38. The first-order chi connectivity index (χ1) is 14.2. The maximum absolute atomic E-state index is 12.1. The van der Waals surface area contributed by atoms with Crippen LogP contribution in [0.25, 0.3) is 10.8 Å². The molecule has 146 valence electrons. The van der Waals surface area contributed by atoms with Crippen molar-refractivity contribution in [3.8, 4) is 11.5 Å². The van der Waals surface area contributed by atoms with Crippen LogP contribution in [0.5, 0.6) is 11.5 Å². The summed E-state index contributed by atoms with van der Waals surface area (Å²) in [5.41, 5.74) is 0.993. The minimum Gasteiger partial charge on any atom is -0.497 e. The van der Waals surface area contributed by atoms with Gasteiger partial charge >= 0.3 is 6.01 Å². The van der Waals surface area contributed by atoms with Gasteiger partial charge in [-0.3, -0.25) is 10.1 Å². The van der Waals surface area contributed by atoms with Crippen molar-refractivity contribution in [1.29, 1.82) is 0 Å². The van der Waals surface area contributed by atoms with Crippen LogP contribution in [-0.2, 0) is 11.2 Å². The van der Waals surface area contributed by atoms with E-state index in [1.807, 2.05) is 66.7 Å². The number of hydrogen-bond acceptors (Lipinski definition) is 6. The molecule has 0 unspecified atom stereocenters. The third kappa shape index (κ3) is 4.70. The zero-order chi connectivity index (χ0) is 20.1. The van der Waals surface area contributed by atoms with Gasteiger partial charge in [0.05, 0.1) is 13.5 Å². The number of rotatable bonds is 7. The lowest BCUT2D eigenvalue weighted by Gasteiger charge is -2.06. The Labute approximate surface area is 167 Å². The Hall–Kier alpha value is -3.87. The summed E-state index contributed by atoms with van der Waals surface area (Å²) >= 11 is 0. The van der Waals surface area contributed by atoms with Crippen LogP contribution < -0.4 is 14.8 Å². The summed E-state index contributed by atoms with van der Waals surface area (Å²) in [6.45, 7) is -0.158. The third-order valence-corrected chi connectivity index (χ3v) is 4.32. The number of nitrogens with one attached hydrogen (secondary N) is 1. The van der Waals surface area contributed by atoms with Crippen LogP contribution in [-0.4, -0.2) is 29.8 Å². The lowest BCUT2D eigenvalue weighted by Crippen LogP contribution is -2.20. The number of anilines is 1. The first-order valence-corrected chi connectivity index (χ1v) is 9.06. The number of carbonyl (C=O) groups is 1. The van der Waals surface area contributed by atoms with Crippen LogP contribution in [0, 0.1) is 0 Å². The molecule has 7 heteroatoms. The van der Waals surface area contributed by atoms with E-state index in [2.05, 4.69) is 15.5 Å². The normalized spacial score (nSPS) is 10.7. The van der Waals surface area contributed by atoms with Gasteiger partial charge in [-0.2, -0.15) is 0 Å². The second-order valence-corrected chi connectivity index (χ2v) is 6.37. The minimum absolute atomic E-state index is 0.0422. The van der Waals surface area contributed by atoms with Gasteiger partial charge in [0.15, 0.2) is 6.61 Å². The molecule has 0 aliphatic rings. The van der Waals surface area contributed by atoms with E-state index in [0.29, 0.717) is 18.1 Å². The molecule has 0 aliphatic heterocycles. The fourth-order valence-electron chi connectivity index (χ4n) is 2.85. The molecule has 4 aromatic rings. The molecule has 29 heavy (non-hydrogen) atoms. The van der Waals surface area contributed by atoms with E-state index in [-0.39, 0.29) is 18.5 Å². The topological polar surface area (TPSA) is 86.5 Å². The van der Waals surface area contributed by atoms with E-state index < -0.39 is 0 Å². The summed E-state index contributed by atoms with van der Waals surface area (Å²) < 4.78 is 16.2. The lowest BCUT2D eigenvalue weighted by molar-refractivity contribution is -0.118. The lowest BCUT2D eigenvalue weighted by atomic mass is 10.1. The zero-order valence-electron chi connectivity index (χ0n) is 15.8. The Morgan fingerprint density at radius 3 is 2.52 bits per heavy atom. The van der Waals surface area contributed by atoms with Crippen molar-refractivity contribution >= 4 is 22.7 Å². The van der Waals surface area contributed by atoms with Crippen LogP contribution in [0.2, 0.25) is 0 Å². The highest BCUT2D eigenvalue weighted by atomic mass is 16.5. The highest BCUT2D eigenvalue weighted by Crippen LogP contribution is 2.20. The number of fused-ring (bicyclic) bond motifs is 1. The predicted octanol–water partition coefficient (Wildman–Crippen LogP) is 3.84. The number of nitrogens with zero attached hydrogens (tertiary/aromatic N) is 2. The van der Waals surface area contributed by atoms with Gasteiger partial charge in [-0.15, -0.1) is 5.10 Å². The number of methoxy groups -OCH3 is 1. The van der Waals surface area contributed by atoms with Gasteiger partial charge in [-0.1, -0.05) is 47.6 Å². The summed E-state index contributed by atoms with van der Waals surface area (Å²) in [5.74, 6) is 1.42. The highest BCUT2D eigenvalue weighted by molar-refractivity contribution is 5.90. The first kappa shape index (κ1) is 18.5. The van der Waals surface area contributed by atoms with Crippen LogP contribution in [0.1, 0.15) is 11.5 Å². The second kappa shape index (κ2) is 8.43. The maximum atomic E-state index is 12.1. The number of ether oxygens (including phenoxy) is 2. The molecule has 0 atom stereocenters. The quantitative estimate of drug-likeness (QED) is 0.517. The van der Waals surface area contributed by atoms with Crippen LogP contribution in [0.4, 0.5) is 6.01 Å². The molecule has 0 spiro atoms. The van der Waals surface area contributed by atoms with Crippen molar-refractivity contribution in [3.05, 3.63) is 78.2 Å². The number of carbonyl (C=O) groups excluding carboxylic acids is 1. The van der Waals surface area contributed by atoms with Gasteiger partial charge in [-0.05, 0) is 40.6 Å². The molecule has 1 heterocycles. The molecule has 3 aromatic carbocycles. The molecule has 1 N–H and O–H groups in total. The van der Waals surface area contributed by atoms with Crippen molar-refractivity contribution < 1.29 is 18.7 Å². The molecule has 0 radical (unpaired) electrons. The summed E-state index contributed by atoms with van der Waals surface area (Å²) in [6.07, 6.45) is 0.459. The molecule has 1 aromatic heterocycles. The van der Waals surface area contributed by atoms with E-state index in [9.17, 15) is 4.79 Å². The molecule has 0 fully saturated rings. The van der Waals surface area contributed by atoms with Gasteiger partial charge in [0.2, 0.25) is 5.89 Å². The van der Waals surface area contributed by atoms with E-state index in [0.717, 1.165) is 22.1 Å². The smallest absolute Gasteiger partial charge is 0.322 e. The standard InChI is InChI=1S/C22H19N3O4/c1-27-18-9-6-15(7-10-18)12-21-24-25-22(29-21)23-20(26)14-28-19-11-8-16-4-2-3-5-17(16)13-19/h2-11,13H,12,14H2,1H3,(H,23,25,26). The molecule has 7 nitrogen and oxygen atoms in total. The van der Waals surface area contributed by atoms with Gasteiger partial charge in [0.1, 0.15) is 11.5 Å². The predicted molar refractivity (Wildman–Crippen MR) is 108 cm³/mol. The Bertz CT molecular complexity index is 1120. The summed E-state index contributed by atoms with van der Waals surface area (Å²) in [5, 5.41) is 12.5. The molecule has 4 rings (SSSR count). The molecule has 0 bridgehead atoms. The summed E-state index contributed by atoms with van der Waals surface area (Å²) in [7, 11) is 1.62. The fraction of sp³-hybridized carbons (Fsp3) is 0.136. The van der Waals surface area contributed by atoms with E-state index in [1.165, 1.54) is 0 Å². The third-order valence-electron chi connectivity index (χ3n) is 4.32. The van der Waals surface area contributed by atoms with Gasteiger partial charge < -0.3 is 13.9 Å². The molecule has 1 amide bonds. The largest absolute Gasteiger partial charge is 0.497 e. The van der Waals surface area contributed by atoms with Crippen LogP contribution >= 0.6 is 0 Å². The Morgan fingerprint density at radius 1 is 0.966 bits per heavy atom. The first-order valence-electron chi connectivity index (χ1n) is 9.06. The molecular formula is C22H19N3O4. The van der Waals surface area contributed by atoms with E-state index in [4.69, 9.17) is 13.9 Å². The van der Waals surface area contributed by atoms with Crippen molar-refractivity contribution in [3.63, 3.8) is 0 Å². The second-order valence-electron chi connectivity index (χ2n) is 6.37. The Balaban J connectivity index is 1.31. The van der Waals surface area contributed by atoms with Gasteiger partial charge in [0, 0.05) is 0 Å². The van der Waals surface area contributed by atoms with Crippen molar-refractivity contribution in [2.45, 2.75) is 6.42 Å². The molecule has 0 saturated carbocycles. The molecule has 0 saturated heterocycles. The van der Waals surface area contributed by atoms with Crippen LogP contribution in [0.15, 0.2) is 71.1 Å². The molecular weight excluding hydrogens is 370 g/mol. The maximum Gasteiger partial charge on any atom is 0.322 e. The fourth-order valence-corrected chi connectivity index (χ4v) is 2.85. The minimum atomic E-state index is -0.377. The monoisotopic (exact) mass is 389 g/mol. The zero-order valence-corrected chi connectivity index (χ0v) is 15.8. The van der Waals surface area contributed by atoms with Gasteiger partial charge in [-0.25, -0.2) is 0 Å². The van der Waals surface area contributed by atoms with Crippen molar-refractivity contribution in [2.75, 3.05) is 19.0 Å². The summed E-state index contributed by atoms with van der Waals surface area (Å²) in [6, 6.07) is 21.2. The summed E-state index contributed by atoms with van der Waals surface area (Å²) in [4.78, 5) is 12.1. The highest BCUT2D eigenvalue weighted by Gasteiger charge is 2.11. The van der Waals surface area contributed by atoms with E-state index >= 15 is 0 Å². The van der Waals surface area contributed by atoms with Gasteiger partial charge in [0.25, 0.3) is 5.91 Å². The number of benzene rings is 3. The van der Waals surface area contributed by atoms with Crippen molar-refractivity contribution in [2.24, 2.45) is 0 Å². The average Bonchev–Trinajstić information content (AvgIpc) is 3.19. The van der Waals surface area contributed by atoms with Crippen molar-refractivity contribution in [1.82, 2.24) is 10.2 Å². The Morgan fingerprint density at radius 2 is 1.72 bits per heavy atom. The SMILES string of the molecule is COc1ccc(Cc2nnc(NC(=O)COc3ccc4ccccc4c3)o2)cc1. The number of hydrogen-bond donors (Lipinski definition) is 1. The number of amides is 1. The number of aromatic nitrogens is 2. The van der Waals surface area contributed by atoms with E-state index in [1.54, 1.807) is 7.11 Å². The average molecular weight is 389 g/mol. The van der Waals surface area contributed by atoms with Crippen LogP contribution in [0.3, 0.4) is 0 Å².